The highest BCUT2D eigenvalue weighted by Crippen LogP contribution is 2.24. The number of nitrogens with one attached hydrogen (secondary N) is 1. The molecule has 0 spiro atoms. The van der Waals surface area contributed by atoms with Crippen LogP contribution in [0, 0.1) is 6.92 Å². The molecule has 0 saturated carbocycles. The minimum absolute atomic E-state index is 0.503. The Balaban J connectivity index is 2.16. The van der Waals surface area contributed by atoms with Gasteiger partial charge in [-0.2, -0.15) is 0 Å². The van der Waals surface area contributed by atoms with Gasteiger partial charge in [-0.3, -0.25) is 4.98 Å². The van der Waals surface area contributed by atoms with Gasteiger partial charge in [0.25, 0.3) is 5.22 Å². The minimum atomic E-state index is 0.503. The first-order valence-corrected chi connectivity index (χ1v) is 4.98. The number of hydrazine groups is 1. The smallest absolute Gasteiger partial charge is 0.262 e. The SMILES string of the molecule is Cc1coc(Sc2cncc(NN)n2)n1. The van der Waals surface area contributed by atoms with Crippen LogP contribution in [0.25, 0.3) is 0 Å². The molecule has 0 unspecified atom stereocenters. The lowest BCUT2D eigenvalue weighted by Crippen LogP contribution is -2.08. The fraction of sp³-hybridized carbons (Fsp3) is 0.125. The summed E-state index contributed by atoms with van der Waals surface area (Å²) in [7, 11) is 0. The number of hydrogen-bond donors (Lipinski definition) is 2. The van der Waals surface area contributed by atoms with Crippen LogP contribution in [0.4, 0.5) is 5.82 Å². The molecule has 0 atom stereocenters. The van der Waals surface area contributed by atoms with E-state index >= 15 is 0 Å². The molecule has 0 aliphatic carbocycles. The zero-order valence-corrected chi connectivity index (χ0v) is 8.78. The van der Waals surface area contributed by atoms with Crippen molar-refractivity contribution in [1.82, 2.24) is 15.0 Å². The summed E-state index contributed by atoms with van der Waals surface area (Å²) < 4.78 is 5.17. The first-order chi connectivity index (χ1) is 7.28. The predicted molar refractivity (Wildman–Crippen MR) is 55.2 cm³/mol. The van der Waals surface area contributed by atoms with E-state index in [4.69, 9.17) is 10.3 Å². The van der Waals surface area contributed by atoms with Crippen LogP contribution < -0.4 is 11.3 Å². The van der Waals surface area contributed by atoms with E-state index in [0.29, 0.717) is 16.1 Å². The quantitative estimate of drug-likeness (QED) is 0.597. The van der Waals surface area contributed by atoms with Gasteiger partial charge in [0.15, 0.2) is 5.82 Å². The Morgan fingerprint density at radius 1 is 1.40 bits per heavy atom. The summed E-state index contributed by atoms with van der Waals surface area (Å²) >= 11 is 1.29. The Morgan fingerprint density at radius 2 is 2.27 bits per heavy atom. The van der Waals surface area contributed by atoms with Gasteiger partial charge in [-0.05, 0) is 18.7 Å². The van der Waals surface area contributed by atoms with Gasteiger partial charge in [-0.1, -0.05) is 0 Å². The zero-order valence-electron chi connectivity index (χ0n) is 7.97. The molecule has 6 nitrogen and oxygen atoms in total. The molecule has 0 amide bonds. The Bertz CT molecular complexity index is 458. The van der Waals surface area contributed by atoms with Crippen molar-refractivity contribution in [3.63, 3.8) is 0 Å². The number of hydrogen-bond acceptors (Lipinski definition) is 7. The van der Waals surface area contributed by atoms with Crippen molar-refractivity contribution in [2.75, 3.05) is 5.43 Å². The highest BCUT2D eigenvalue weighted by atomic mass is 32.2. The second kappa shape index (κ2) is 4.28. The largest absolute Gasteiger partial charge is 0.439 e. The number of aryl methyl sites for hydroxylation is 1. The van der Waals surface area contributed by atoms with Crippen molar-refractivity contribution in [3.05, 3.63) is 24.4 Å². The summed E-state index contributed by atoms with van der Waals surface area (Å²) in [6.45, 7) is 1.86. The van der Waals surface area contributed by atoms with Crippen LogP contribution in [0.3, 0.4) is 0 Å². The Labute approximate surface area is 90.3 Å². The van der Waals surface area contributed by atoms with Gasteiger partial charge in [0.2, 0.25) is 0 Å². The highest BCUT2D eigenvalue weighted by molar-refractivity contribution is 7.99. The number of anilines is 1. The normalized spacial score (nSPS) is 10.3. The topological polar surface area (TPSA) is 89.9 Å². The van der Waals surface area contributed by atoms with Crippen molar-refractivity contribution in [3.8, 4) is 0 Å². The lowest BCUT2D eigenvalue weighted by atomic mass is 10.6. The van der Waals surface area contributed by atoms with E-state index in [-0.39, 0.29) is 0 Å². The predicted octanol–water partition coefficient (Wildman–Crippen LogP) is 1.21. The van der Waals surface area contributed by atoms with Gasteiger partial charge in [-0.25, -0.2) is 15.8 Å². The van der Waals surface area contributed by atoms with Gasteiger partial charge in [-0.15, -0.1) is 0 Å². The van der Waals surface area contributed by atoms with Gasteiger partial charge in [0.1, 0.15) is 11.3 Å². The summed E-state index contributed by atoms with van der Waals surface area (Å²) in [5.74, 6) is 5.72. The van der Waals surface area contributed by atoms with Gasteiger partial charge < -0.3 is 9.84 Å². The van der Waals surface area contributed by atoms with Crippen molar-refractivity contribution < 1.29 is 4.42 Å². The van der Waals surface area contributed by atoms with Crippen LogP contribution in [0.5, 0.6) is 0 Å². The fourth-order valence-electron chi connectivity index (χ4n) is 0.936. The van der Waals surface area contributed by atoms with E-state index in [1.165, 1.54) is 18.0 Å². The molecular weight excluding hydrogens is 214 g/mol. The monoisotopic (exact) mass is 223 g/mol. The Morgan fingerprint density at radius 3 is 2.93 bits per heavy atom. The van der Waals surface area contributed by atoms with Crippen LogP contribution in [0.2, 0.25) is 0 Å². The number of nitrogens with zero attached hydrogens (tertiary/aromatic N) is 3. The van der Waals surface area contributed by atoms with Crippen molar-refractivity contribution in [1.29, 1.82) is 0 Å². The second-order valence-electron chi connectivity index (χ2n) is 2.74. The lowest BCUT2D eigenvalue weighted by Gasteiger charge is -1.99. The molecule has 0 bridgehead atoms. The van der Waals surface area contributed by atoms with E-state index in [9.17, 15) is 0 Å². The molecule has 15 heavy (non-hydrogen) atoms. The summed E-state index contributed by atoms with van der Waals surface area (Å²) in [5, 5.41) is 1.21. The molecular formula is C8H9N5OS. The Kier molecular flexibility index (Phi) is 2.84. The third kappa shape index (κ3) is 2.45. The summed E-state index contributed by atoms with van der Waals surface area (Å²) in [5.41, 5.74) is 3.25. The molecule has 0 aliphatic heterocycles. The first-order valence-electron chi connectivity index (χ1n) is 4.16. The number of oxazole rings is 1. The molecule has 7 heteroatoms. The molecule has 0 fully saturated rings. The van der Waals surface area contributed by atoms with E-state index in [2.05, 4.69) is 20.4 Å². The van der Waals surface area contributed by atoms with Crippen molar-refractivity contribution >= 4 is 17.6 Å². The highest BCUT2D eigenvalue weighted by Gasteiger charge is 2.05. The third-order valence-electron chi connectivity index (χ3n) is 1.55. The maximum absolute atomic E-state index is 5.22. The third-order valence-corrected chi connectivity index (χ3v) is 2.32. The number of nitrogen functional groups attached to an aromatic ring is 1. The van der Waals surface area contributed by atoms with Gasteiger partial charge in [0, 0.05) is 0 Å². The molecule has 3 N–H and O–H groups in total. The van der Waals surface area contributed by atoms with E-state index in [1.54, 1.807) is 12.5 Å². The summed E-state index contributed by atoms with van der Waals surface area (Å²) in [6, 6.07) is 0. The molecule has 2 aromatic heterocycles. The molecule has 0 radical (unpaired) electrons. The molecule has 0 saturated heterocycles. The van der Waals surface area contributed by atoms with Crippen LogP contribution in [-0.4, -0.2) is 15.0 Å². The molecule has 78 valence electrons. The molecule has 2 rings (SSSR count). The molecule has 2 heterocycles. The van der Waals surface area contributed by atoms with Crippen molar-refractivity contribution in [2.24, 2.45) is 5.84 Å². The fourth-order valence-corrected chi connectivity index (χ4v) is 1.66. The number of nitrogens with two attached hydrogens (primary N) is 1. The lowest BCUT2D eigenvalue weighted by molar-refractivity contribution is 0.453. The van der Waals surface area contributed by atoms with Crippen LogP contribution >= 0.6 is 11.8 Å². The number of aromatic nitrogens is 3. The maximum Gasteiger partial charge on any atom is 0.262 e. The van der Waals surface area contributed by atoms with Crippen LogP contribution in [0.1, 0.15) is 5.69 Å². The van der Waals surface area contributed by atoms with E-state index < -0.39 is 0 Å². The summed E-state index contributed by atoms with van der Waals surface area (Å²) in [4.78, 5) is 12.3. The van der Waals surface area contributed by atoms with Crippen LogP contribution in [0.15, 0.2) is 33.3 Å². The second-order valence-corrected chi connectivity index (χ2v) is 3.72. The van der Waals surface area contributed by atoms with E-state index in [1.807, 2.05) is 6.92 Å². The van der Waals surface area contributed by atoms with Crippen molar-refractivity contribution in [2.45, 2.75) is 17.2 Å². The standard InChI is InChI=1S/C8H9N5OS/c1-5-4-14-8(11-5)15-7-3-10-2-6(12-7)13-9/h2-4H,9H2,1H3,(H,12,13). The molecule has 0 aromatic carbocycles. The zero-order chi connectivity index (χ0) is 10.7. The first kappa shape index (κ1) is 9.94. The van der Waals surface area contributed by atoms with Gasteiger partial charge >= 0.3 is 0 Å². The maximum atomic E-state index is 5.22. The molecule has 0 aliphatic rings. The van der Waals surface area contributed by atoms with Gasteiger partial charge in [0.05, 0.1) is 18.1 Å². The minimum Gasteiger partial charge on any atom is -0.439 e. The van der Waals surface area contributed by atoms with Crippen LogP contribution in [-0.2, 0) is 0 Å². The molecule has 2 aromatic rings. The van der Waals surface area contributed by atoms with E-state index in [0.717, 1.165) is 5.69 Å². The average molecular weight is 223 g/mol. The Hall–Kier alpha value is -1.60. The summed E-state index contributed by atoms with van der Waals surface area (Å²) in [6.07, 6.45) is 4.73. The number of rotatable bonds is 3. The average Bonchev–Trinajstić information content (AvgIpc) is 2.64.